The van der Waals surface area contributed by atoms with E-state index >= 15 is 0 Å². The van der Waals surface area contributed by atoms with E-state index in [-0.39, 0.29) is 5.91 Å². The van der Waals surface area contributed by atoms with Crippen LogP contribution in [0.1, 0.15) is 29.3 Å². The number of nitrogens with one attached hydrogen (secondary N) is 1. The predicted octanol–water partition coefficient (Wildman–Crippen LogP) is 2.77. The summed E-state index contributed by atoms with van der Waals surface area (Å²) in [6.45, 7) is 3.58. The minimum Gasteiger partial charge on any atom is -0.493 e. The Balaban J connectivity index is 1.93. The third kappa shape index (κ3) is 3.25. The second-order valence-corrected chi connectivity index (χ2v) is 5.51. The lowest BCUT2D eigenvalue weighted by Crippen LogP contribution is -2.28. The molecule has 0 aromatic heterocycles. The van der Waals surface area contributed by atoms with Gasteiger partial charge in [-0.25, -0.2) is 0 Å². The van der Waals surface area contributed by atoms with Crippen molar-refractivity contribution in [2.24, 2.45) is 5.92 Å². The molecule has 18 heavy (non-hydrogen) atoms. The Morgan fingerprint density at radius 3 is 3.17 bits per heavy atom. The fourth-order valence-corrected chi connectivity index (χ4v) is 2.77. The molecule has 1 unspecified atom stereocenters. The summed E-state index contributed by atoms with van der Waals surface area (Å²) in [6.07, 6.45) is 1.97. The fourth-order valence-electron chi connectivity index (χ4n) is 1.99. The van der Waals surface area contributed by atoms with Crippen molar-refractivity contribution in [3.8, 4) is 5.75 Å². The van der Waals surface area contributed by atoms with Gasteiger partial charge in [0.15, 0.2) is 0 Å². The number of hydrogen-bond acceptors (Lipinski definition) is 2. The van der Waals surface area contributed by atoms with Gasteiger partial charge < -0.3 is 10.1 Å². The number of carbonyl (C=O) groups excluding carboxylic acids is 1. The molecule has 0 spiro atoms. The van der Waals surface area contributed by atoms with Gasteiger partial charge in [-0.15, -0.1) is 0 Å². The molecule has 1 atom stereocenters. The molecule has 1 aliphatic heterocycles. The molecule has 2 rings (SSSR count). The third-order valence-corrected chi connectivity index (χ3v) is 3.62. The molecule has 3 nitrogen and oxygen atoms in total. The van der Waals surface area contributed by atoms with Crippen molar-refractivity contribution in [3.05, 3.63) is 29.3 Å². The van der Waals surface area contributed by atoms with E-state index in [9.17, 15) is 4.79 Å². The van der Waals surface area contributed by atoms with Crippen LogP contribution in [0.3, 0.4) is 0 Å². The fraction of sp³-hybridized carbons (Fsp3) is 0.500. The van der Waals surface area contributed by atoms with Gasteiger partial charge in [-0.05, 0) is 36.1 Å². The normalized spacial score (nSPS) is 14.8. The first kappa shape index (κ1) is 13.4. The summed E-state index contributed by atoms with van der Waals surface area (Å²) in [7, 11) is 0. The highest BCUT2D eigenvalue weighted by Crippen LogP contribution is 2.25. The lowest BCUT2D eigenvalue weighted by molar-refractivity contribution is 0.0948. The Hall–Kier alpha value is -1.03. The number of amides is 1. The number of hydrogen-bond donors (Lipinski definition) is 1. The highest BCUT2D eigenvalue weighted by atomic mass is 79.9. The van der Waals surface area contributed by atoms with E-state index in [0.29, 0.717) is 5.92 Å². The first-order chi connectivity index (χ1) is 8.70. The molecular formula is C14H18BrNO2. The molecule has 1 amide bonds. The van der Waals surface area contributed by atoms with E-state index in [1.807, 2.05) is 18.2 Å². The molecule has 0 aliphatic carbocycles. The lowest BCUT2D eigenvalue weighted by Gasteiger charge is -2.11. The van der Waals surface area contributed by atoms with Crippen LogP contribution in [-0.2, 0) is 6.42 Å². The molecule has 0 saturated carbocycles. The summed E-state index contributed by atoms with van der Waals surface area (Å²) in [4.78, 5) is 12.0. The minimum absolute atomic E-state index is 0.00567. The highest BCUT2D eigenvalue weighted by molar-refractivity contribution is 9.09. The van der Waals surface area contributed by atoms with Gasteiger partial charge in [0.25, 0.3) is 5.91 Å². The van der Waals surface area contributed by atoms with Crippen LogP contribution in [0.2, 0.25) is 0 Å². The monoisotopic (exact) mass is 311 g/mol. The first-order valence-electron chi connectivity index (χ1n) is 6.30. The van der Waals surface area contributed by atoms with Crippen molar-refractivity contribution in [3.63, 3.8) is 0 Å². The van der Waals surface area contributed by atoms with Gasteiger partial charge in [0.05, 0.1) is 6.61 Å². The standard InChI is InChI=1S/C14H18BrNO2/c1-10(4-6-15)9-16-14(17)12-2-3-13-11(8-12)5-7-18-13/h2-3,8,10H,4-7,9H2,1H3,(H,16,17). The van der Waals surface area contributed by atoms with Crippen LogP contribution in [0.25, 0.3) is 0 Å². The number of alkyl halides is 1. The minimum atomic E-state index is 0.00567. The predicted molar refractivity (Wildman–Crippen MR) is 75.5 cm³/mol. The molecule has 0 radical (unpaired) electrons. The zero-order valence-electron chi connectivity index (χ0n) is 10.5. The number of rotatable bonds is 5. The van der Waals surface area contributed by atoms with Crippen molar-refractivity contribution < 1.29 is 9.53 Å². The molecule has 1 aliphatic rings. The molecular weight excluding hydrogens is 294 g/mol. The first-order valence-corrected chi connectivity index (χ1v) is 7.42. The summed E-state index contributed by atoms with van der Waals surface area (Å²) in [5.41, 5.74) is 1.86. The van der Waals surface area contributed by atoms with Crippen LogP contribution in [-0.4, -0.2) is 24.4 Å². The summed E-state index contributed by atoms with van der Waals surface area (Å²) in [6, 6.07) is 5.65. The maximum absolute atomic E-state index is 12.0. The molecule has 1 aromatic rings. The quantitative estimate of drug-likeness (QED) is 0.849. The van der Waals surface area contributed by atoms with E-state index in [2.05, 4.69) is 28.2 Å². The van der Waals surface area contributed by atoms with Crippen LogP contribution in [0.4, 0.5) is 0 Å². The topological polar surface area (TPSA) is 38.3 Å². The van der Waals surface area contributed by atoms with Gasteiger partial charge in [0.2, 0.25) is 0 Å². The molecule has 1 N–H and O–H groups in total. The largest absolute Gasteiger partial charge is 0.493 e. The van der Waals surface area contributed by atoms with Crippen molar-refractivity contribution in [1.82, 2.24) is 5.32 Å². The second-order valence-electron chi connectivity index (χ2n) is 4.71. The maximum atomic E-state index is 12.0. The van der Waals surface area contributed by atoms with Gasteiger partial charge in [-0.3, -0.25) is 4.79 Å². The number of carbonyl (C=O) groups is 1. The zero-order valence-corrected chi connectivity index (χ0v) is 12.1. The van der Waals surface area contributed by atoms with E-state index in [4.69, 9.17) is 4.74 Å². The zero-order chi connectivity index (χ0) is 13.0. The van der Waals surface area contributed by atoms with Gasteiger partial charge >= 0.3 is 0 Å². The summed E-state index contributed by atoms with van der Waals surface area (Å²) < 4.78 is 5.43. The van der Waals surface area contributed by atoms with Crippen LogP contribution in [0.15, 0.2) is 18.2 Å². The number of ether oxygens (including phenoxy) is 1. The Morgan fingerprint density at radius 2 is 2.39 bits per heavy atom. The average molecular weight is 312 g/mol. The summed E-state index contributed by atoms with van der Waals surface area (Å²) in [5, 5.41) is 3.95. The SMILES string of the molecule is CC(CCBr)CNC(=O)c1ccc2c(c1)CCO2. The Kier molecular flexibility index (Phi) is 4.64. The van der Waals surface area contributed by atoms with Crippen molar-refractivity contribution in [2.45, 2.75) is 19.8 Å². The van der Waals surface area contributed by atoms with Gasteiger partial charge in [-0.1, -0.05) is 22.9 Å². The molecule has 1 heterocycles. The van der Waals surface area contributed by atoms with E-state index < -0.39 is 0 Å². The van der Waals surface area contributed by atoms with Crippen LogP contribution in [0, 0.1) is 5.92 Å². The molecule has 1 aromatic carbocycles. The average Bonchev–Trinajstić information content (AvgIpc) is 2.83. The molecule has 98 valence electrons. The van der Waals surface area contributed by atoms with Crippen LogP contribution in [0.5, 0.6) is 5.75 Å². The van der Waals surface area contributed by atoms with Crippen molar-refractivity contribution >= 4 is 21.8 Å². The van der Waals surface area contributed by atoms with Gasteiger partial charge in [-0.2, -0.15) is 0 Å². The molecule has 0 saturated heterocycles. The highest BCUT2D eigenvalue weighted by Gasteiger charge is 2.15. The van der Waals surface area contributed by atoms with Gasteiger partial charge in [0, 0.05) is 23.9 Å². The van der Waals surface area contributed by atoms with Crippen LogP contribution < -0.4 is 10.1 Å². The molecule has 0 bridgehead atoms. The van der Waals surface area contributed by atoms with Gasteiger partial charge in [0.1, 0.15) is 5.75 Å². The smallest absolute Gasteiger partial charge is 0.251 e. The maximum Gasteiger partial charge on any atom is 0.251 e. The number of fused-ring (bicyclic) bond motifs is 1. The molecule has 4 heteroatoms. The van der Waals surface area contributed by atoms with E-state index in [0.717, 1.165) is 48.2 Å². The Bertz CT molecular complexity index is 434. The van der Waals surface area contributed by atoms with Crippen LogP contribution >= 0.6 is 15.9 Å². The summed E-state index contributed by atoms with van der Waals surface area (Å²) in [5.74, 6) is 1.41. The Labute approximate surface area is 116 Å². The number of benzene rings is 1. The van der Waals surface area contributed by atoms with Crippen molar-refractivity contribution in [1.29, 1.82) is 0 Å². The third-order valence-electron chi connectivity index (χ3n) is 3.16. The van der Waals surface area contributed by atoms with Crippen molar-refractivity contribution in [2.75, 3.05) is 18.5 Å². The number of halogens is 1. The summed E-state index contributed by atoms with van der Waals surface area (Å²) >= 11 is 3.41. The Morgan fingerprint density at radius 1 is 1.56 bits per heavy atom. The lowest BCUT2D eigenvalue weighted by atomic mass is 10.1. The van der Waals surface area contributed by atoms with E-state index in [1.165, 1.54) is 0 Å². The molecule has 0 fully saturated rings. The second kappa shape index (κ2) is 6.23. The van der Waals surface area contributed by atoms with E-state index in [1.54, 1.807) is 0 Å².